The fourth-order valence-electron chi connectivity index (χ4n) is 2.08. The van der Waals surface area contributed by atoms with Crippen LogP contribution in [0.4, 0.5) is 5.69 Å². The maximum absolute atomic E-state index is 6.34. The summed E-state index contributed by atoms with van der Waals surface area (Å²) >= 11 is 12.5. The number of nitrogens with two attached hydrogens (primary N) is 1. The van der Waals surface area contributed by atoms with Gasteiger partial charge in [0.25, 0.3) is 0 Å². The molecule has 0 spiro atoms. The molecule has 2 N–H and O–H groups in total. The molecular weight excluding hydrogens is 291 g/mol. The Labute approximate surface area is 130 Å². The van der Waals surface area contributed by atoms with Crippen LogP contribution in [0.25, 0.3) is 0 Å². The van der Waals surface area contributed by atoms with E-state index in [9.17, 15) is 0 Å². The second kappa shape index (κ2) is 6.49. The first kappa shape index (κ1) is 15.2. The van der Waals surface area contributed by atoms with Gasteiger partial charge in [-0.05, 0) is 36.2 Å². The van der Waals surface area contributed by atoms with Crippen molar-refractivity contribution in [2.24, 2.45) is 5.73 Å². The molecule has 0 aliphatic rings. The van der Waals surface area contributed by atoms with Crippen LogP contribution in [0.3, 0.4) is 0 Å². The summed E-state index contributed by atoms with van der Waals surface area (Å²) in [7, 11) is 2.00. The molecule has 2 aromatic carbocycles. The van der Waals surface area contributed by atoms with E-state index in [1.807, 2.05) is 56.4 Å². The molecule has 106 valence electrons. The highest BCUT2D eigenvalue weighted by atomic mass is 35.5. The number of rotatable bonds is 4. The molecule has 0 unspecified atom stereocenters. The number of halogens is 2. The fraction of sp³-hybridized carbons (Fsp3) is 0.250. The van der Waals surface area contributed by atoms with E-state index in [-0.39, 0.29) is 6.04 Å². The third-order valence-electron chi connectivity index (χ3n) is 3.27. The Hall–Kier alpha value is -1.22. The zero-order chi connectivity index (χ0) is 14.7. The lowest BCUT2D eigenvalue weighted by Gasteiger charge is -2.22. The predicted molar refractivity (Wildman–Crippen MR) is 87.6 cm³/mol. The summed E-state index contributed by atoms with van der Waals surface area (Å²) in [5.41, 5.74) is 8.94. The van der Waals surface area contributed by atoms with Gasteiger partial charge in [0.05, 0.1) is 10.7 Å². The second-order valence-corrected chi connectivity index (χ2v) is 5.76. The third kappa shape index (κ3) is 3.45. The molecule has 0 aliphatic heterocycles. The molecule has 0 saturated carbocycles. The highest BCUT2D eigenvalue weighted by Crippen LogP contribution is 2.29. The van der Waals surface area contributed by atoms with Gasteiger partial charge in [-0.25, -0.2) is 0 Å². The zero-order valence-electron chi connectivity index (χ0n) is 11.6. The Kier molecular flexibility index (Phi) is 4.92. The average Bonchev–Trinajstić information content (AvgIpc) is 2.41. The number of anilines is 1. The monoisotopic (exact) mass is 308 g/mol. The molecule has 0 heterocycles. The first-order chi connectivity index (χ1) is 9.49. The van der Waals surface area contributed by atoms with Gasteiger partial charge in [0.1, 0.15) is 0 Å². The van der Waals surface area contributed by atoms with Crippen molar-refractivity contribution in [3.63, 3.8) is 0 Å². The second-order valence-electron chi connectivity index (χ2n) is 4.95. The minimum atomic E-state index is -0.0181. The van der Waals surface area contributed by atoms with Crippen LogP contribution in [0.1, 0.15) is 24.1 Å². The van der Waals surface area contributed by atoms with Crippen LogP contribution < -0.4 is 10.6 Å². The van der Waals surface area contributed by atoms with Crippen LogP contribution in [0.15, 0.2) is 42.5 Å². The summed E-state index contributed by atoms with van der Waals surface area (Å²) in [6, 6.07) is 13.7. The van der Waals surface area contributed by atoms with Gasteiger partial charge in [-0.1, -0.05) is 47.5 Å². The Balaban J connectivity index is 2.21. The van der Waals surface area contributed by atoms with E-state index in [4.69, 9.17) is 28.9 Å². The summed E-state index contributed by atoms with van der Waals surface area (Å²) in [6.07, 6.45) is 0. The molecule has 2 rings (SSSR count). The molecule has 0 amide bonds. The topological polar surface area (TPSA) is 29.3 Å². The highest BCUT2D eigenvalue weighted by Gasteiger charge is 2.10. The minimum absolute atomic E-state index is 0.0181. The number of hydrogen-bond donors (Lipinski definition) is 1. The van der Waals surface area contributed by atoms with Crippen LogP contribution in [0, 0.1) is 0 Å². The third-order valence-corrected chi connectivity index (χ3v) is 3.95. The van der Waals surface area contributed by atoms with E-state index in [0.717, 1.165) is 21.8 Å². The molecule has 0 saturated heterocycles. The SMILES string of the molecule is C[C@@H](N)c1ccc(N(C)Cc2ccccc2Cl)c(Cl)c1. The van der Waals surface area contributed by atoms with Crippen molar-refractivity contribution in [2.75, 3.05) is 11.9 Å². The summed E-state index contributed by atoms with van der Waals surface area (Å²) < 4.78 is 0. The minimum Gasteiger partial charge on any atom is -0.369 e. The van der Waals surface area contributed by atoms with Crippen molar-refractivity contribution in [1.29, 1.82) is 0 Å². The molecule has 4 heteroatoms. The van der Waals surface area contributed by atoms with Crippen molar-refractivity contribution in [3.8, 4) is 0 Å². The Morgan fingerprint density at radius 1 is 1.10 bits per heavy atom. The van der Waals surface area contributed by atoms with Crippen molar-refractivity contribution in [1.82, 2.24) is 0 Å². The van der Waals surface area contributed by atoms with Crippen LogP contribution >= 0.6 is 23.2 Å². The Morgan fingerprint density at radius 3 is 2.40 bits per heavy atom. The molecule has 1 atom stereocenters. The molecule has 0 aromatic heterocycles. The summed E-state index contributed by atoms with van der Waals surface area (Å²) in [5, 5.41) is 1.47. The van der Waals surface area contributed by atoms with Gasteiger partial charge in [-0.15, -0.1) is 0 Å². The molecule has 20 heavy (non-hydrogen) atoms. The molecular formula is C16H18Cl2N2. The lowest BCUT2D eigenvalue weighted by molar-refractivity contribution is 0.817. The van der Waals surface area contributed by atoms with Crippen molar-refractivity contribution >= 4 is 28.9 Å². The highest BCUT2D eigenvalue weighted by molar-refractivity contribution is 6.33. The van der Waals surface area contributed by atoms with Crippen LogP contribution in [0.5, 0.6) is 0 Å². The van der Waals surface area contributed by atoms with E-state index < -0.39 is 0 Å². The Bertz CT molecular complexity index is 597. The number of benzene rings is 2. The first-order valence-electron chi connectivity index (χ1n) is 6.48. The molecule has 2 aromatic rings. The van der Waals surface area contributed by atoms with E-state index in [0.29, 0.717) is 11.6 Å². The number of nitrogens with zero attached hydrogens (tertiary/aromatic N) is 1. The van der Waals surface area contributed by atoms with Gasteiger partial charge in [-0.2, -0.15) is 0 Å². The van der Waals surface area contributed by atoms with Gasteiger partial charge in [0.2, 0.25) is 0 Å². The average molecular weight is 309 g/mol. The standard InChI is InChI=1S/C16H18Cl2N2/c1-11(19)12-7-8-16(15(18)9-12)20(2)10-13-5-3-4-6-14(13)17/h3-9,11H,10,19H2,1-2H3/t11-/m1/s1. The van der Waals surface area contributed by atoms with Crippen molar-refractivity contribution in [3.05, 3.63) is 63.6 Å². The van der Waals surface area contributed by atoms with E-state index in [2.05, 4.69) is 4.90 Å². The van der Waals surface area contributed by atoms with E-state index in [1.165, 1.54) is 0 Å². The van der Waals surface area contributed by atoms with E-state index >= 15 is 0 Å². The van der Waals surface area contributed by atoms with Gasteiger partial charge in [-0.3, -0.25) is 0 Å². The largest absolute Gasteiger partial charge is 0.369 e. The van der Waals surface area contributed by atoms with Crippen molar-refractivity contribution in [2.45, 2.75) is 19.5 Å². The smallest absolute Gasteiger partial charge is 0.0642 e. The maximum atomic E-state index is 6.34. The van der Waals surface area contributed by atoms with Crippen molar-refractivity contribution < 1.29 is 0 Å². The molecule has 0 radical (unpaired) electrons. The van der Waals surface area contributed by atoms with Gasteiger partial charge in [0, 0.05) is 24.7 Å². The van der Waals surface area contributed by atoms with E-state index in [1.54, 1.807) is 0 Å². The van der Waals surface area contributed by atoms with Gasteiger partial charge >= 0.3 is 0 Å². The molecule has 0 fully saturated rings. The summed E-state index contributed by atoms with van der Waals surface area (Å²) in [6.45, 7) is 2.65. The number of hydrogen-bond acceptors (Lipinski definition) is 2. The Morgan fingerprint density at radius 2 is 1.80 bits per heavy atom. The quantitative estimate of drug-likeness (QED) is 0.891. The maximum Gasteiger partial charge on any atom is 0.0642 e. The molecule has 0 aliphatic carbocycles. The summed E-state index contributed by atoms with van der Waals surface area (Å²) in [4.78, 5) is 2.08. The molecule has 0 bridgehead atoms. The summed E-state index contributed by atoms with van der Waals surface area (Å²) in [5.74, 6) is 0. The normalized spacial score (nSPS) is 12.2. The van der Waals surface area contributed by atoms with Crippen LogP contribution in [-0.4, -0.2) is 7.05 Å². The fourth-order valence-corrected chi connectivity index (χ4v) is 2.61. The van der Waals surface area contributed by atoms with Gasteiger partial charge < -0.3 is 10.6 Å². The lowest BCUT2D eigenvalue weighted by atomic mass is 10.1. The zero-order valence-corrected chi connectivity index (χ0v) is 13.1. The van der Waals surface area contributed by atoms with Crippen LogP contribution in [-0.2, 0) is 6.54 Å². The first-order valence-corrected chi connectivity index (χ1v) is 7.24. The predicted octanol–water partition coefficient (Wildman–Crippen LogP) is 4.65. The van der Waals surface area contributed by atoms with Gasteiger partial charge in [0.15, 0.2) is 0 Å². The lowest BCUT2D eigenvalue weighted by Crippen LogP contribution is -2.17. The van der Waals surface area contributed by atoms with Crippen LogP contribution in [0.2, 0.25) is 10.0 Å². The molecule has 2 nitrogen and oxygen atoms in total.